The largest absolute Gasteiger partial charge is 0.310 e. The highest BCUT2D eigenvalue weighted by molar-refractivity contribution is 6.30. The zero-order valence-electron chi connectivity index (χ0n) is 7.89. The molecule has 1 saturated carbocycles. The van der Waals surface area contributed by atoms with Gasteiger partial charge in [0.2, 0.25) is 0 Å². The van der Waals surface area contributed by atoms with Crippen molar-refractivity contribution in [1.29, 1.82) is 0 Å². The van der Waals surface area contributed by atoms with Gasteiger partial charge in [-0.3, -0.25) is 0 Å². The minimum absolute atomic E-state index is 0.123. The Kier molecular flexibility index (Phi) is 2.05. The number of aromatic nitrogens is 1. The standard InChI is InChI=1S/C10H13ClN2/c1-7-3-4-8(9(11)13-7)10(12-2)5-6-10/h3-4,12H,5-6H2,1-2H3. The minimum Gasteiger partial charge on any atom is -0.310 e. The van der Waals surface area contributed by atoms with Crippen molar-refractivity contribution in [2.75, 3.05) is 7.05 Å². The van der Waals surface area contributed by atoms with E-state index in [1.54, 1.807) is 0 Å². The Morgan fingerprint density at radius 2 is 2.15 bits per heavy atom. The van der Waals surface area contributed by atoms with Gasteiger partial charge in [0.25, 0.3) is 0 Å². The summed E-state index contributed by atoms with van der Waals surface area (Å²) in [6, 6.07) is 4.09. The molecule has 1 aliphatic carbocycles. The second kappa shape index (κ2) is 2.96. The number of nitrogens with zero attached hydrogens (tertiary/aromatic N) is 1. The van der Waals surface area contributed by atoms with E-state index in [2.05, 4.69) is 16.4 Å². The van der Waals surface area contributed by atoms with E-state index in [4.69, 9.17) is 11.6 Å². The maximum atomic E-state index is 6.08. The molecule has 1 aromatic heterocycles. The van der Waals surface area contributed by atoms with Crippen molar-refractivity contribution < 1.29 is 0 Å². The van der Waals surface area contributed by atoms with Crippen molar-refractivity contribution >= 4 is 11.6 Å². The van der Waals surface area contributed by atoms with E-state index in [-0.39, 0.29) is 5.54 Å². The van der Waals surface area contributed by atoms with Crippen molar-refractivity contribution in [3.05, 3.63) is 28.5 Å². The smallest absolute Gasteiger partial charge is 0.134 e. The van der Waals surface area contributed by atoms with Crippen LogP contribution in [-0.2, 0) is 5.54 Å². The van der Waals surface area contributed by atoms with Crippen molar-refractivity contribution in [3.8, 4) is 0 Å². The lowest BCUT2D eigenvalue weighted by Gasteiger charge is -2.15. The van der Waals surface area contributed by atoms with E-state index in [0.717, 1.165) is 24.1 Å². The molecule has 2 nitrogen and oxygen atoms in total. The van der Waals surface area contributed by atoms with E-state index < -0.39 is 0 Å². The number of hydrogen-bond acceptors (Lipinski definition) is 2. The molecule has 70 valence electrons. The number of hydrogen-bond donors (Lipinski definition) is 1. The number of pyridine rings is 1. The van der Waals surface area contributed by atoms with Crippen LogP contribution in [0.15, 0.2) is 12.1 Å². The molecule has 2 rings (SSSR count). The normalized spacial score (nSPS) is 18.7. The van der Waals surface area contributed by atoms with Gasteiger partial charge in [0.1, 0.15) is 5.15 Å². The summed E-state index contributed by atoms with van der Waals surface area (Å²) in [4.78, 5) is 4.25. The first-order valence-electron chi connectivity index (χ1n) is 4.50. The Balaban J connectivity index is 2.41. The van der Waals surface area contributed by atoms with Crippen molar-refractivity contribution in [3.63, 3.8) is 0 Å². The molecule has 3 heteroatoms. The average molecular weight is 197 g/mol. The summed E-state index contributed by atoms with van der Waals surface area (Å²) in [6.45, 7) is 1.95. The monoisotopic (exact) mass is 196 g/mol. The summed E-state index contributed by atoms with van der Waals surface area (Å²) in [6.07, 6.45) is 2.32. The lowest BCUT2D eigenvalue weighted by Crippen LogP contribution is -2.25. The fraction of sp³-hybridized carbons (Fsp3) is 0.500. The molecule has 1 N–H and O–H groups in total. The first-order valence-corrected chi connectivity index (χ1v) is 4.88. The topological polar surface area (TPSA) is 24.9 Å². The van der Waals surface area contributed by atoms with Crippen LogP contribution in [-0.4, -0.2) is 12.0 Å². The average Bonchev–Trinajstić information content (AvgIpc) is 2.85. The van der Waals surface area contributed by atoms with Crippen LogP contribution in [0, 0.1) is 6.92 Å². The first-order chi connectivity index (χ1) is 6.18. The summed E-state index contributed by atoms with van der Waals surface area (Å²) in [5, 5.41) is 3.95. The highest BCUT2D eigenvalue weighted by atomic mass is 35.5. The van der Waals surface area contributed by atoms with E-state index in [0.29, 0.717) is 5.15 Å². The quantitative estimate of drug-likeness (QED) is 0.734. The van der Waals surface area contributed by atoms with Gasteiger partial charge in [-0.1, -0.05) is 17.7 Å². The fourth-order valence-electron chi connectivity index (χ4n) is 1.66. The van der Waals surface area contributed by atoms with Crippen LogP contribution in [0.5, 0.6) is 0 Å². The molecule has 0 saturated heterocycles. The maximum Gasteiger partial charge on any atom is 0.134 e. The summed E-state index contributed by atoms with van der Waals surface area (Å²) in [5.74, 6) is 0. The van der Waals surface area contributed by atoms with Crippen LogP contribution >= 0.6 is 11.6 Å². The fourth-order valence-corrected chi connectivity index (χ4v) is 2.04. The molecule has 0 bridgehead atoms. The Labute approximate surface area is 83.3 Å². The third-order valence-corrected chi connectivity index (χ3v) is 3.02. The first kappa shape index (κ1) is 8.97. The molecule has 0 spiro atoms. The van der Waals surface area contributed by atoms with Gasteiger partial charge in [0.05, 0.1) is 0 Å². The lowest BCUT2D eigenvalue weighted by atomic mass is 10.1. The summed E-state index contributed by atoms with van der Waals surface area (Å²) in [7, 11) is 1.98. The van der Waals surface area contributed by atoms with E-state index in [1.165, 1.54) is 0 Å². The predicted octanol–water partition coefficient (Wildman–Crippen LogP) is 2.25. The van der Waals surface area contributed by atoms with Crippen LogP contribution in [0.1, 0.15) is 24.1 Å². The van der Waals surface area contributed by atoms with Crippen LogP contribution in [0.3, 0.4) is 0 Å². The molecule has 0 atom stereocenters. The maximum absolute atomic E-state index is 6.08. The molecule has 0 radical (unpaired) electrons. The molecule has 1 aromatic rings. The second-order valence-corrected chi connectivity index (χ2v) is 3.98. The molecular weight excluding hydrogens is 184 g/mol. The predicted molar refractivity (Wildman–Crippen MR) is 54.0 cm³/mol. The van der Waals surface area contributed by atoms with Crippen LogP contribution in [0.25, 0.3) is 0 Å². The van der Waals surface area contributed by atoms with Gasteiger partial charge < -0.3 is 5.32 Å². The van der Waals surface area contributed by atoms with E-state index in [1.807, 2.05) is 20.0 Å². The van der Waals surface area contributed by atoms with E-state index >= 15 is 0 Å². The van der Waals surface area contributed by atoms with Gasteiger partial charge in [0, 0.05) is 16.8 Å². The number of aryl methyl sites for hydroxylation is 1. The SMILES string of the molecule is CNC1(c2ccc(C)nc2Cl)CC1. The zero-order valence-corrected chi connectivity index (χ0v) is 8.65. The van der Waals surface area contributed by atoms with Gasteiger partial charge in [-0.05, 0) is 32.9 Å². The Hall–Kier alpha value is -0.600. The van der Waals surface area contributed by atoms with Gasteiger partial charge in [-0.2, -0.15) is 0 Å². The summed E-state index contributed by atoms with van der Waals surface area (Å²) >= 11 is 6.08. The molecule has 0 aliphatic heterocycles. The highest BCUT2D eigenvalue weighted by Gasteiger charge is 2.44. The molecule has 1 aliphatic rings. The molecule has 1 fully saturated rings. The van der Waals surface area contributed by atoms with Gasteiger partial charge in [-0.25, -0.2) is 4.98 Å². The highest BCUT2D eigenvalue weighted by Crippen LogP contribution is 2.47. The van der Waals surface area contributed by atoms with Gasteiger partial charge in [-0.15, -0.1) is 0 Å². The lowest BCUT2D eigenvalue weighted by molar-refractivity contribution is 0.583. The molecule has 0 amide bonds. The van der Waals surface area contributed by atoms with Crippen LogP contribution in [0.2, 0.25) is 5.15 Å². The van der Waals surface area contributed by atoms with Crippen LogP contribution < -0.4 is 5.32 Å². The van der Waals surface area contributed by atoms with Gasteiger partial charge >= 0.3 is 0 Å². The molecule has 1 heterocycles. The molecular formula is C10H13ClN2. The summed E-state index contributed by atoms with van der Waals surface area (Å²) < 4.78 is 0. The second-order valence-electron chi connectivity index (χ2n) is 3.62. The Bertz CT molecular complexity index is 332. The minimum atomic E-state index is 0.123. The molecule has 0 unspecified atom stereocenters. The number of nitrogens with one attached hydrogen (secondary N) is 1. The third kappa shape index (κ3) is 1.45. The third-order valence-electron chi connectivity index (χ3n) is 2.73. The summed E-state index contributed by atoms with van der Waals surface area (Å²) in [5.41, 5.74) is 2.24. The van der Waals surface area contributed by atoms with E-state index in [9.17, 15) is 0 Å². The molecule has 0 aromatic carbocycles. The van der Waals surface area contributed by atoms with Crippen molar-refractivity contribution in [1.82, 2.24) is 10.3 Å². The van der Waals surface area contributed by atoms with Crippen molar-refractivity contribution in [2.45, 2.75) is 25.3 Å². The Morgan fingerprint density at radius 3 is 2.62 bits per heavy atom. The Morgan fingerprint density at radius 1 is 1.46 bits per heavy atom. The number of halogens is 1. The van der Waals surface area contributed by atoms with Gasteiger partial charge in [0.15, 0.2) is 0 Å². The number of rotatable bonds is 2. The zero-order chi connectivity index (χ0) is 9.47. The van der Waals surface area contributed by atoms with Crippen LogP contribution in [0.4, 0.5) is 0 Å². The van der Waals surface area contributed by atoms with Crippen molar-refractivity contribution in [2.24, 2.45) is 0 Å². The molecule has 13 heavy (non-hydrogen) atoms.